The monoisotopic (exact) mass is 359 g/mol. The summed E-state index contributed by atoms with van der Waals surface area (Å²) in [6, 6.07) is 19.9. The smallest absolute Gasteiger partial charge is 0.235 e. The Hall–Kier alpha value is -3.32. The SMILES string of the molecule is c1ccc(-c2nnc3sc(COc4cccc5ccccc45)nn23)nc1. The fraction of sp³-hybridized carbons (Fsp3) is 0.0526. The number of hydrogen-bond donors (Lipinski definition) is 0. The number of nitrogens with zero attached hydrogens (tertiary/aromatic N) is 5. The molecule has 0 unspecified atom stereocenters. The van der Waals surface area contributed by atoms with Crippen LogP contribution in [0.4, 0.5) is 0 Å². The number of pyridine rings is 1. The van der Waals surface area contributed by atoms with Crippen LogP contribution < -0.4 is 4.74 Å². The molecule has 26 heavy (non-hydrogen) atoms. The fourth-order valence-electron chi connectivity index (χ4n) is 2.83. The number of ether oxygens (including phenoxy) is 1. The van der Waals surface area contributed by atoms with Crippen molar-refractivity contribution in [2.24, 2.45) is 0 Å². The summed E-state index contributed by atoms with van der Waals surface area (Å²) in [6.07, 6.45) is 1.73. The van der Waals surface area contributed by atoms with Gasteiger partial charge in [-0.2, -0.15) is 9.61 Å². The van der Waals surface area contributed by atoms with E-state index in [0.29, 0.717) is 12.4 Å². The average Bonchev–Trinajstić information content (AvgIpc) is 3.27. The molecule has 5 rings (SSSR count). The van der Waals surface area contributed by atoms with Gasteiger partial charge in [-0.25, -0.2) is 0 Å². The van der Waals surface area contributed by atoms with Crippen molar-refractivity contribution in [1.82, 2.24) is 24.8 Å². The molecule has 6 nitrogen and oxygen atoms in total. The fourth-order valence-corrected chi connectivity index (χ4v) is 3.58. The molecule has 0 spiro atoms. The Labute approximate surface area is 152 Å². The van der Waals surface area contributed by atoms with E-state index in [4.69, 9.17) is 4.74 Å². The number of aromatic nitrogens is 5. The van der Waals surface area contributed by atoms with Crippen LogP contribution in [0.1, 0.15) is 5.01 Å². The largest absolute Gasteiger partial charge is 0.486 e. The first kappa shape index (κ1) is 15.0. The maximum atomic E-state index is 6.02. The minimum atomic E-state index is 0.379. The second-order valence-corrected chi connectivity index (χ2v) is 6.74. The number of fused-ring (bicyclic) bond motifs is 2. The summed E-state index contributed by atoms with van der Waals surface area (Å²) in [5, 5.41) is 16.0. The van der Waals surface area contributed by atoms with Gasteiger partial charge in [-0.1, -0.05) is 53.8 Å². The molecule has 0 amide bonds. The lowest BCUT2D eigenvalue weighted by molar-refractivity contribution is 0.308. The lowest BCUT2D eigenvalue weighted by atomic mass is 10.1. The van der Waals surface area contributed by atoms with E-state index in [-0.39, 0.29) is 0 Å². The van der Waals surface area contributed by atoms with E-state index in [1.165, 1.54) is 11.3 Å². The molecule has 7 heteroatoms. The third-order valence-electron chi connectivity index (χ3n) is 4.03. The van der Waals surface area contributed by atoms with Gasteiger partial charge in [0.2, 0.25) is 10.8 Å². The Morgan fingerprint density at radius 1 is 0.923 bits per heavy atom. The van der Waals surface area contributed by atoms with Crippen LogP contribution >= 0.6 is 11.3 Å². The van der Waals surface area contributed by atoms with E-state index in [1.807, 2.05) is 42.5 Å². The van der Waals surface area contributed by atoms with Crippen LogP contribution in [-0.4, -0.2) is 24.8 Å². The molecular weight excluding hydrogens is 346 g/mol. The van der Waals surface area contributed by atoms with Crippen LogP contribution in [0.15, 0.2) is 66.9 Å². The Balaban J connectivity index is 1.44. The zero-order valence-corrected chi connectivity index (χ0v) is 14.4. The van der Waals surface area contributed by atoms with Crippen molar-refractivity contribution in [3.63, 3.8) is 0 Å². The predicted octanol–water partition coefficient (Wildman–Crippen LogP) is 3.98. The minimum Gasteiger partial charge on any atom is -0.486 e. The number of benzene rings is 2. The Kier molecular flexibility index (Phi) is 3.57. The molecule has 0 atom stereocenters. The molecule has 126 valence electrons. The third kappa shape index (κ3) is 2.58. The van der Waals surface area contributed by atoms with E-state index in [2.05, 4.69) is 38.5 Å². The Bertz CT molecular complexity index is 1190. The lowest BCUT2D eigenvalue weighted by Gasteiger charge is -2.07. The van der Waals surface area contributed by atoms with Gasteiger partial charge < -0.3 is 4.74 Å². The molecule has 0 aliphatic heterocycles. The summed E-state index contributed by atoms with van der Waals surface area (Å²) in [5.41, 5.74) is 0.742. The van der Waals surface area contributed by atoms with Crippen molar-refractivity contribution < 1.29 is 4.74 Å². The van der Waals surface area contributed by atoms with Crippen LogP contribution in [0, 0.1) is 0 Å². The van der Waals surface area contributed by atoms with Crippen LogP contribution in [0.25, 0.3) is 27.3 Å². The minimum absolute atomic E-state index is 0.379. The lowest BCUT2D eigenvalue weighted by Crippen LogP contribution is -1.98. The summed E-state index contributed by atoms with van der Waals surface area (Å²) in [5.74, 6) is 1.48. The molecular formula is C19H13N5OS. The highest BCUT2D eigenvalue weighted by atomic mass is 32.1. The van der Waals surface area contributed by atoms with Gasteiger partial charge in [-0.3, -0.25) is 4.98 Å². The highest BCUT2D eigenvalue weighted by molar-refractivity contribution is 7.16. The normalized spacial score (nSPS) is 11.2. The molecule has 0 saturated heterocycles. The quantitative estimate of drug-likeness (QED) is 0.486. The molecule has 0 bridgehead atoms. The molecule has 3 aromatic heterocycles. The molecule has 0 radical (unpaired) electrons. The van der Waals surface area contributed by atoms with Gasteiger partial charge in [0.1, 0.15) is 18.1 Å². The molecule has 0 N–H and O–H groups in total. The highest BCUT2D eigenvalue weighted by Crippen LogP contribution is 2.27. The summed E-state index contributed by atoms with van der Waals surface area (Å²) in [6.45, 7) is 0.379. The second kappa shape index (κ2) is 6.20. The standard InChI is InChI=1S/C19H13N5OS/c1-2-8-14-13(6-1)7-5-10-16(14)25-12-17-23-24-18(21-22-19(24)26-17)15-9-3-4-11-20-15/h1-11H,12H2. The van der Waals surface area contributed by atoms with Crippen molar-refractivity contribution in [1.29, 1.82) is 0 Å². The first-order chi connectivity index (χ1) is 12.9. The molecule has 2 aromatic carbocycles. The van der Waals surface area contributed by atoms with Crippen molar-refractivity contribution in [2.75, 3.05) is 0 Å². The summed E-state index contributed by atoms with van der Waals surface area (Å²) in [7, 11) is 0. The van der Waals surface area contributed by atoms with Crippen LogP contribution in [0.5, 0.6) is 5.75 Å². The number of hydrogen-bond acceptors (Lipinski definition) is 6. The van der Waals surface area contributed by atoms with Gasteiger partial charge in [0.15, 0.2) is 5.01 Å². The van der Waals surface area contributed by atoms with Crippen LogP contribution in [0.2, 0.25) is 0 Å². The van der Waals surface area contributed by atoms with E-state index >= 15 is 0 Å². The van der Waals surface area contributed by atoms with E-state index in [1.54, 1.807) is 10.7 Å². The maximum absolute atomic E-state index is 6.02. The molecule has 5 aromatic rings. The summed E-state index contributed by atoms with van der Waals surface area (Å²) < 4.78 is 7.74. The first-order valence-electron chi connectivity index (χ1n) is 8.11. The van der Waals surface area contributed by atoms with Crippen molar-refractivity contribution >= 4 is 27.1 Å². The number of rotatable bonds is 4. The Morgan fingerprint density at radius 2 is 1.81 bits per heavy atom. The van der Waals surface area contributed by atoms with E-state index < -0.39 is 0 Å². The predicted molar refractivity (Wildman–Crippen MR) is 100 cm³/mol. The van der Waals surface area contributed by atoms with Crippen molar-refractivity contribution in [3.8, 4) is 17.3 Å². The topological polar surface area (TPSA) is 65.2 Å². The van der Waals surface area contributed by atoms with Gasteiger partial charge in [0.25, 0.3) is 0 Å². The highest BCUT2D eigenvalue weighted by Gasteiger charge is 2.14. The van der Waals surface area contributed by atoms with Crippen molar-refractivity contribution in [3.05, 3.63) is 71.9 Å². The second-order valence-electron chi connectivity index (χ2n) is 5.69. The maximum Gasteiger partial charge on any atom is 0.235 e. The van der Waals surface area contributed by atoms with E-state index in [0.717, 1.165) is 32.2 Å². The van der Waals surface area contributed by atoms with Gasteiger partial charge in [-0.05, 0) is 23.6 Å². The van der Waals surface area contributed by atoms with Gasteiger partial charge >= 0.3 is 0 Å². The van der Waals surface area contributed by atoms with Crippen LogP contribution in [0.3, 0.4) is 0 Å². The molecule has 0 aliphatic rings. The summed E-state index contributed by atoms with van der Waals surface area (Å²) in [4.78, 5) is 5.04. The van der Waals surface area contributed by atoms with E-state index in [9.17, 15) is 0 Å². The molecule has 3 heterocycles. The molecule has 0 saturated carbocycles. The van der Waals surface area contributed by atoms with Gasteiger partial charge in [-0.15, -0.1) is 10.2 Å². The zero-order chi connectivity index (χ0) is 17.3. The van der Waals surface area contributed by atoms with Gasteiger partial charge in [0.05, 0.1) is 0 Å². The Morgan fingerprint density at radius 3 is 2.73 bits per heavy atom. The zero-order valence-electron chi connectivity index (χ0n) is 13.6. The first-order valence-corrected chi connectivity index (χ1v) is 8.93. The van der Waals surface area contributed by atoms with Crippen molar-refractivity contribution in [2.45, 2.75) is 6.61 Å². The third-order valence-corrected chi connectivity index (χ3v) is 4.90. The van der Waals surface area contributed by atoms with Gasteiger partial charge in [0, 0.05) is 11.6 Å². The van der Waals surface area contributed by atoms with Crippen LogP contribution in [-0.2, 0) is 6.61 Å². The molecule has 0 aliphatic carbocycles. The summed E-state index contributed by atoms with van der Waals surface area (Å²) >= 11 is 1.46. The average molecular weight is 359 g/mol. The molecule has 0 fully saturated rings.